The van der Waals surface area contributed by atoms with Crippen molar-refractivity contribution >= 4 is 38.6 Å². The molecule has 0 aliphatic heterocycles. The van der Waals surface area contributed by atoms with E-state index in [0.717, 1.165) is 17.1 Å². The van der Waals surface area contributed by atoms with Gasteiger partial charge in [-0.15, -0.1) is 0 Å². The third-order valence-electron chi connectivity index (χ3n) is 11.1. The second-order valence-electron chi connectivity index (χ2n) is 14.5. The average molecular weight is 726 g/mol. The van der Waals surface area contributed by atoms with Crippen molar-refractivity contribution in [1.29, 1.82) is 0 Å². The maximum Gasteiger partial charge on any atom is 0.0540 e. The minimum atomic E-state index is 1.09. The van der Waals surface area contributed by atoms with Crippen molar-refractivity contribution < 1.29 is 0 Å². The lowest BCUT2D eigenvalue weighted by Crippen LogP contribution is -2.11. The summed E-state index contributed by atoms with van der Waals surface area (Å²) in [5.74, 6) is 0. The molecule has 0 N–H and O–H groups in total. The zero-order valence-corrected chi connectivity index (χ0v) is 31.5. The number of para-hydroxylation sites is 1. The summed E-state index contributed by atoms with van der Waals surface area (Å²) < 4.78 is 0. The number of rotatable bonds is 8. The van der Waals surface area contributed by atoms with Gasteiger partial charge in [0.1, 0.15) is 0 Å². The molecule has 0 atom stereocenters. The molecule has 10 aromatic carbocycles. The van der Waals surface area contributed by atoms with Crippen LogP contribution in [-0.2, 0) is 0 Å². The highest BCUT2D eigenvalue weighted by Gasteiger charge is 2.21. The van der Waals surface area contributed by atoms with E-state index in [1.807, 2.05) is 0 Å². The maximum atomic E-state index is 2.42. The molecule has 0 bridgehead atoms. The van der Waals surface area contributed by atoms with Gasteiger partial charge in [-0.05, 0) is 102 Å². The molecule has 10 aromatic rings. The van der Waals surface area contributed by atoms with Gasteiger partial charge in [-0.25, -0.2) is 0 Å². The Bertz CT molecular complexity index is 2950. The van der Waals surface area contributed by atoms with Crippen LogP contribution >= 0.6 is 0 Å². The van der Waals surface area contributed by atoms with Gasteiger partial charge in [0.2, 0.25) is 0 Å². The predicted octanol–water partition coefficient (Wildman–Crippen LogP) is 15.8. The molecule has 0 aliphatic rings. The molecule has 57 heavy (non-hydrogen) atoms. The third kappa shape index (κ3) is 6.46. The minimum Gasteiger partial charge on any atom is -0.310 e. The van der Waals surface area contributed by atoms with Gasteiger partial charge in [0, 0.05) is 16.9 Å². The van der Waals surface area contributed by atoms with E-state index in [4.69, 9.17) is 0 Å². The second kappa shape index (κ2) is 15.0. The van der Waals surface area contributed by atoms with Gasteiger partial charge in [-0.2, -0.15) is 0 Å². The van der Waals surface area contributed by atoms with Crippen molar-refractivity contribution in [3.8, 4) is 55.6 Å². The number of anilines is 3. The average Bonchev–Trinajstić information content (AvgIpc) is 3.30. The summed E-state index contributed by atoms with van der Waals surface area (Å²) in [6.07, 6.45) is 0. The number of nitrogens with zero attached hydrogens (tertiary/aromatic N) is 1. The Labute approximate surface area is 334 Å². The summed E-state index contributed by atoms with van der Waals surface area (Å²) in [4.78, 5) is 2.42. The molecule has 0 saturated carbocycles. The first-order valence-electron chi connectivity index (χ1n) is 19.6. The van der Waals surface area contributed by atoms with E-state index >= 15 is 0 Å². The first kappa shape index (κ1) is 34.0. The third-order valence-corrected chi connectivity index (χ3v) is 11.1. The lowest BCUT2D eigenvalue weighted by molar-refractivity contribution is 1.29. The molecule has 0 heterocycles. The number of hydrogen-bond acceptors (Lipinski definition) is 1. The Morgan fingerprint density at radius 2 is 0.614 bits per heavy atom. The molecule has 0 saturated heterocycles. The normalized spacial score (nSPS) is 11.2. The summed E-state index contributed by atoms with van der Waals surface area (Å²) in [5, 5.41) is 4.93. The van der Waals surface area contributed by atoms with E-state index in [-0.39, 0.29) is 0 Å². The van der Waals surface area contributed by atoms with Crippen molar-refractivity contribution in [2.75, 3.05) is 4.90 Å². The van der Waals surface area contributed by atoms with Gasteiger partial charge in [-0.1, -0.05) is 206 Å². The molecule has 0 spiro atoms. The SMILES string of the molecule is c1ccc(-c2ccc(-c3ccc(N(c4ccc5c(-c6ccccc6)c(-c6ccccc6)c6ccccc6c5c4)c4ccccc4-c4ccccc4)cc3)cc2)cc1. The second-order valence-corrected chi connectivity index (χ2v) is 14.5. The number of benzene rings is 10. The molecule has 0 radical (unpaired) electrons. The Morgan fingerprint density at radius 1 is 0.228 bits per heavy atom. The van der Waals surface area contributed by atoms with Gasteiger partial charge in [0.05, 0.1) is 5.69 Å². The van der Waals surface area contributed by atoms with Crippen molar-refractivity contribution in [1.82, 2.24) is 0 Å². The fourth-order valence-electron chi connectivity index (χ4n) is 8.37. The first-order valence-corrected chi connectivity index (χ1v) is 19.6. The highest BCUT2D eigenvalue weighted by atomic mass is 15.1. The molecule has 1 heteroatoms. The van der Waals surface area contributed by atoms with E-state index in [9.17, 15) is 0 Å². The Hall–Kier alpha value is -7.48. The molecule has 268 valence electrons. The van der Waals surface area contributed by atoms with Crippen molar-refractivity contribution in [3.63, 3.8) is 0 Å². The van der Waals surface area contributed by atoms with Crippen LogP contribution in [0, 0.1) is 0 Å². The van der Waals surface area contributed by atoms with Crippen molar-refractivity contribution in [2.24, 2.45) is 0 Å². The maximum absolute atomic E-state index is 2.42. The lowest BCUT2D eigenvalue weighted by Gasteiger charge is -2.29. The molecule has 0 unspecified atom stereocenters. The predicted molar refractivity (Wildman–Crippen MR) is 243 cm³/mol. The smallest absolute Gasteiger partial charge is 0.0540 e. The van der Waals surface area contributed by atoms with Crippen LogP contribution in [0.3, 0.4) is 0 Å². The van der Waals surface area contributed by atoms with Gasteiger partial charge >= 0.3 is 0 Å². The van der Waals surface area contributed by atoms with Crippen LogP contribution in [-0.4, -0.2) is 0 Å². The summed E-state index contributed by atoms with van der Waals surface area (Å²) in [5.41, 5.74) is 15.4. The van der Waals surface area contributed by atoms with Gasteiger partial charge in [0.15, 0.2) is 0 Å². The summed E-state index contributed by atoms with van der Waals surface area (Å²) >= 11 is 0. The Balaban J connectivity index is 1.17. The largest absolute Gasteiger partial charge is 0.310 e. The van der Waals surface area contributed by atoms with Crippen LogP contribution in [0.2, 0.25) is 0 Å². The molecular formula is C56H39N. The zero-order chi connectivity index (χ0) is 38.0. The van der Waals surface area contributed by atoms with Crippen molar-refractivity contribution in [2.45, 2.75) is 0 Å². The van der Waals surface area contributed by atoms with Crippen LogP contribution in [0.5, 0.6) is 0 Å². The lowest BCUT2D eigenvalue weighted by atomic mass is 9.85. The molecule has 0 amide bonds. The van der Waals surface area contributed by atoms with Crippen LogP contribution in [0.4, 0.5) is 17.1 Å². The van der Waals surface area contributed by atoms with Crippen LogP contribution in [0.1, 0.15) is 0 Å². The first-order chi connectivity index (χ1) is 28.3. The van der Waals surface area contributed by atoms with Crippen LogP contribution in [0.25, 0.3) is 77.2 Å². The number of hydrogen-bond donors (Lipinski definition) is 0. The molecule has 0 aliphatic carbocycles. The Kier molecular flexibility index (Phi) is 8.95. The Morgan fingerprint density at radius 3 is 1.18 bits per heavy atom. The van der Waals surface area contributed by atoms with Crippen molar-refractivity contribution in [3.05, 3.63) is 237 Å². The van der Waals surface area contributed by atoms with Gasteiger partial charge in [0.25, 0.3) is 0 Å². The quantitative estimate of drug-likeness (QED) is 0.141. The summed E-state index contributed by atoms with van der Waals surface area (Å²) in [6, 6.07) is 85.6. The highest BCUT2D eigenvalue weighted by molar-refractivity contribution is 6.22. The molecule has 0 fully saturated rings. The van der Waals surface area contributed by atoms with E-state index < -0.39 is 0 Å². The molecule has 10 rings (SSSR count). The fourth-order valence-corrected chi connectivity index (χ4v) is 8.37. The van der Waals surface area contributed by atoms with E-state index in [0.29, 0.717) is 0 Å². The summed E-state index contributed by atoms with van der Waals surface area (Å²) in [7, 11) is 0. The molecule has 0 aromatic heterocycles. The molecular weight excluding hydrogens is 687 g/mol. The summed E-state index contributed by atoms with van der Waals surface area (Å²) in [6.45, 7) is 0. The highest BCUT2D eigenvalue weighted by Crippen LogP contribution is 2.47. The van der Waals surface area contributed by atoms with E-state index in [1.165, 1.54) is 77.2 Å². The monoisotopic (exact) mass is 725 g/mol. The molecule has 1 nitrogen and oxygen atoms in total. The standard InChI is InChI=1S/C56H39N/c1-5-17-40(18-6-1)41-29-31-42(32-30-41)43-33-35-47(36-34-43)57(54-28-16-15-25-49(54)44-19-7-2-8-20-44)48-37-38-52-53(39-48)50-26-13-14-27-51(50)55(45-21-9-3-10-22-45)56(52)46-23-11-4-12-24-46/h1-39H. The zero-order valence-electron chi connectivity index (χ0n) is 31.5. The van der Waals surface area contributed by atoms with Crippen LogP contribution < -0.4 is 4.90 Å². The van der Waals surface area contributed by atoms with Gasteiger partial charge in [-0.3, -0.25) is 0 Å². The topological polar surface area (TPSA) is 3.24 Å². The van der Waals surface area contributed by atoms with E-state index in [2.05, 4.69) is 241 Å². The van der Waals surface area contributed by atoms with Crippen LogP contribution in [0.15, 0.2) is 237 Å². The number of fused-ring (bicyclic) bond motifs is 3. The minimum absolute atomic E-state index is 1.09. The fraction of sp³-hybridized carbons (Fsp3) is 0. The van der Waals surface area contributed by atoms with Gasteiger partial charge < -0.3 is 4.90 Å². The van der Waals surface area contributed by atoms with E-state index in [1.54, 1.807) is 0 Å².